The van der Waals surface area contributed by atoms with Crippen LogP contribution in [0.5, 0.6) is 0 Å². The topological polar surface area (TPSA) is 13.1 Å². The van der Waals surface area contributed by atoms with Gasteiger partial charge in [-0.2, -0.15) is 0 Å². The summed E-state index contributed by atoms with van der Waals surface area (Å²) < 4.78 is 19.7. The third kappa shape index (κ3) is 2.07. The number of furan rings is 1. The highest BCUT2D eigenvalue weighted by atomic mass is 127. The molecule has 1 nitrogen and oxygen atoms in total. The highest BCUT2D eigenvalue weighted by Gasteiger charge is 2.06. The first kappa shape index (κ1) is 10.8. The average molecular weight is 338 g/mol. The van der Waals surface area contributed by atoms with Gasteiger partial charge in [-0.15, -0.1) is 0 Å². The van der Waals surface area contributed by atoms with Gasteiger partial charge in [0.1, 0.15) is 17.2 Å². The highest BCUT2D eigenvalue weighted by molar-refractivity contribution is 14.1. The normalized spacial score (nSPS) is 10.9. The molecule has 0 radical (unpaired) electrons. The minimum absolute atomic E-state index is 0.237. The zero-order valence-corrected chi connectivity index (χ0v) is 10.9. The summed E-state index contributed by atoms with van der Waals surface area (Å²) in [6, 6.07) is 14.3. The van der Waals surface area contributed by atoms with Crippen LogP contribution >= 0.6 is 22.6 Å². The monoisotopic (exact) mass is 338 g/mol. The maximum absolute atomic E-state index is 12.8. The molecule has 1 aromatic heterocycles. The number of halogens is 2. The van der Waals surface area contributed by atoms with E-state index in [-0.39, 0.29) is 5.82 Å². The van der Waals surface area contributed by atoms with Crippen molar-refractivity contribution >= 4 is 33.6 Å². The third-order valence-corrected chi connectivity index (χ3v) is 3.28. The molecule has 0 saturated heterocycles. The highest BCUT2D eigenvalue weighted by Crippen LogP contribution is 2.28. The second kappa shape index (κ2) is 4.14. The summed E-state index contributed by atoms with van der Waals surface area (Å²) in [6.45, 7) is 0. The van der Waals surface area contributed by atoms with Crippen LogP contribution in [0.2, 0.25) is 0 Å². The molecule has 1 heterocycles. The summed E-state index contributed by atoms with van der Waals surface area (Å²) in [5.74, 6) is 0.529. The van der Waals surface area contributed by atoms with Crippen molar-refractivity contribution in [3.63, 3.8) is 0 Å². The first-order chi connectivity index (χ1) is 8.22. The van der Waals surface area contributed by atoms with Crippen LogP contribution in [-0.2, 0) is 0 Å². The Balaban J connectivity index is 2.14. The van der Waals surface area contributed by atoms with Crippen LogP contribution < -0.4 is 0 Å². The van der Waals surface area contributed by atoms with Crippen molar-refractivity contribution in [2.75, 3.05) is 0 Å². The van der Waals surface area contributed by atoms with Crippen molar-refractivity contribution in [3.05, 3.63) is 57.9 Å². The molecule has 0 fully saturated rings. The van der Waals surface area contributed by atoms with Crippen LogP contribution in [-0.4, -0.2) is 0 Å². The van der Waals surface area contributed by atoms with E-state index in [1.807, 2.05) is 18.2 Å². The van der Waals surface area contributed by atoms with E-state index in [1.54, 1.807) is 12.1 Å². The second-order valence-electron chi connectivity index (χ2n) is 3.80. The molecule has 0 atom stereocenters. The summed E-state index contributed by atoms with van der Waals surface area (Å²) in [4.78, 5) is 0. The third-order valence-electron chi connectivity index (χ3n) is 2.61. The summed E-state index contributed by atoms with van der Waals surface area (Å²) in [6.07, 6.45) is 0. The predicted octanol–water partition coefficient (Wildman–Crippen LogP) is 4.84. The summed E-state index contributed by atoms with van der Waals surface area (Å²) in [5.41, 5.74) is 1.74. The number of fused-ring (bicyclic) bond motifs is 1. The summed E-state index contributed by atoms with van der Waals surface area (Å²) in [7, 11) is 0. The van der Waals surface area contributed by atoms with E-state index in [0.717, 1.165) is 22.3 Å². The van der Waals surface area contributed by atoms with Gasteiger partial charge in [0.2, 0.25) is 0 Å². The fraction of sp³-hybridized carbons (Fsp3) is 0. The lowest BCUT2D eigenvalue weighted by Crippen LogP contribution is -1.74. The first-order valence-corrected chi connectivity index (χ1v) is 6.25. The molecule has 0 N–H and O–H groups in total. The Morgan fingerprint density at radius 3 is 2.47 bits per heavy atom. The van der Waals surface area contributed by atoms with Gasteiger partial charge in [0, 0.05) is 14.5 Å². The van der Waals surface area contributed by atoms with E-state index in [2.05, 4.69) is 28.7 Å². The standard InChI is InChI=1S/C14H8FIO/c15-11-3-1-9(2-4-11)14-8-10-7-12(16)5-6-13(10)17-14/h1-8H. The minimum Gasteiger partial charge on any atom is -0.456 e. The van der Waals surface area contributed by atoms with Crippen LogP contribution in [0.1, 0.15) is 0 Å². The Morgan fingerprint density at radius 2 is 1.71 bits per heavy atom. The van der Waals surface area contributed by atoms with Gasteiger partial charge >= 0.3 is 0 Å². The zero-order chi connectivity index (χ0) is 11.8. The van der Waals surface area contributed by atoms with Crippen molar-refractivity contribution in [2.45, 2.75) is 0 Å². The van der Waals surface area contributed by atoms with Crippen LogP contribution in [0, 0.1) is 9.39 Å². The molecule has 0 aliphatic rings. The van der Waals surface area contributed by atoms with Crippen molar-refractivity contribution in [1.82, 2.24) is 0 Å². The van der Waals surface area contributed by atoms with Crippen LogP contribution in [0.3, 0.4) is 0 Å². The van der Waals surface area contributed by atoms with E-state index in [0.29, 0.717) is 0 Å². The summed E-state index contributed by atoms with van der Waals surface area (Å²) in [5, 5.41) is 1.07. The van der Waals surface area contributed by atoms with E-state index < -0.39 is 0 Å². The summed E-state index contributed by atoms with van der Waals surface area (Å²) >= 11 is 2.26. The Morgan fingerprint density at radius 1 is 0.941 bits per heavy atom. The fourth-order valence-corrected chi connectivity index (χ4v) is 2.29. The Bertz CT molecular complexity index is 670. The number of rotatable bonds is 1. The molecule has 0 bridgehead atoms. The van der Waals surface area contributed by atoms with Gasteiger partial charge in [-0.25, -0.2) is 4.39 Å². The van der Waals surface area contributed by atoms with Crippen LogP contribution in [0.15, 0.2) is 52.9 Å². The van der Waals surface area contributed by atoms with Crippen molar-refractivity contribution < 1.29 is 8.81 Å². The number of hydrogen-bond donors (Lipinski definition) is 0. The van der Waals surface area contributed by atoms with E-state index in [1.165, 1.54) is 15.7 Å². The van der Waals surface area contributed by atoms with Crippen molar-refractivity contribution in [2.24, 2.45) is 0 Å². The smallest absolute Gasteiger partial charge is 0.135 e. The van der Waals surface area contributed by atoms with Gasteiger partial charge < -0.3 is 4.42 Å². The molecular weight excluding hydrogens is 330 g/mol. The van der Waals surface area contributed by atoms with E-state index >= 15 is 0 Å². The van der Waals surface area contributed by atoms with Gasteiger partial charge in [0.15, 0.2) is 0 Å². The SMILES string of the molecule is Fc1ccc(-c2cc3cc(I)ccc3o2)cc1. The molecule has 0 aliphatic carbocycles. The molecule has 0 aliphatic heterocycles. The lowest BCUT2D eigenvalue weighted by Gasteiger charge is -1.94. The molecule has 3 heteroatoms. The molecule has 0 saturated carbocycles. The van der Waals surface area contributed by atoms with Crippen LogP contribution in [0.25, 0.3) is 22.3 Å². The number of hydrogen-bond acceptors (Lipinski definition) is 1. The second-order valence-corrected chi connectivity index (χ2v) is 5.05. The van der Waals surface area contributed by atoms with Crippen LogP contribution in [0.4, 0.5) is 4.39 Å². The molecule has 17 heavy (non-hydrogen) atoms. The predicted molar refractivity (Wildman–Crippen MR) is 74.3 cm³/mol. The maximum Gasteiger partial charge on any atom is 0.135 e. The quantitative estimate of drug-likeness (QED) is 0.579. The fourth-order valence-electron chi connectivity index (χ4n) is 1.77. The lowest BCUT2D eigenvalue weighted by atomic mass is 10.1. The Hall–Kier alpha value is -1.36. The van der Waals surface area contributed by atoms with Gasteiger partial charge in [-0.1, -0.05) is 0 Å². The van der Waals surface area contributed by atoms with Crippen molar-refractivity contribution in [3.8, 4) is 11.3 Å². The largest absolute Gasteiger partial charge is 0.456 e. The Labute approximate surface area is 111 Å². The molecule has 0 spiro atoms. The molecule has 3 rings (SSSR count). The minimum atomic E-state index is -0.237. The molecule has 3 aromatic rings. The van der Waals surface area contributed by atoms with E-state index in [4.69, 9.17) is 4.42 Å². The van der Waals surface area contributed by atoms with E-state index in [9.17, 15) is 4.39 Å². The molecule has 0 amide bonds. The average Bonchev–Trinajstić information content (AvgIpc) is 2.72. The first-order valence-electron chi connectivity index (χ1n) is 5.17. The Kier molecular flexibility index (Phi) is 2.63. The van der Waals surface area contributed by atoms with Crippen molar-refractivity contribution in [1.29, 1.82) is 0 Å². The van der Waals surface area contributed by atoms with Gasteiger partial charge in [0.05, 0.1) is 0 Å². The van der Waals surface area contributed by atoms with Gasteiger partial charge in [-0.05, 0) is 71.1 Å². The molecule has 0 unspecified atom stereocenters. The zero-order valence-electron chi connectivity index (χ0n) is 8.78. The lowest BCUT2D eigenvalue weighted by molar-refractivity contribution is 0.623. The van der Waals surface area contributed by atoms with Gasteiger partial charge in [0.25, 0.3) is 0 Å². The van der Waals surface area contributed by atoms with Gasteiger partial charge in [-0.3, -0.25) is 0 Å². The molecule has 2 aromatic carbocycles. The maximum atomic E-state index is 12.8. The number of benzene rings is 2. The molecular formula is C14H8FIO. The molecule has 84 valence electrons.